The molecule has 1 aromatic carbocycles. The number of alkyl halides is 3. The fraction of sp³-hybridized carbons (Fsp3) is 0.500. The van der Waals surface area contributed by atoms with Crippen molar-refractivity contribution in [3.05, 3.63) is 33.8 Å². The van der Waals surface area contributed by atoms with Gasteiger partial charge in [-0.05, 0) is 59.8 Å². The van der Waals surface area contributed by atoms with Gasteiger partial charge < -0.3 is 11.1 Å². The number of nitrogens with one attached hydrogen (secondary N) is 1. The molecule has 0 radical (unpaired) electrons. The molecule has 1 unspecified atom stereocenters. The number of amides is 1. The van der Waals surface area contributed by atoms with Crippen LogP contribution < -0.4 is 11.1 Å². The van der Waals surface area contributed by atoms with Crippen molar-refractivity contribution < 1.29 is 18.0 Å². The summed E-state index contributed by atoms with van der Waals surface area (Å²) in [4.78, 5) is 12.3. The van der Waals surface area contributed by atoms with E-state index >= 15 is 0 Å². The Kier molecular flexibility index (Phi) is 4.35. The van der Waals surface area contributed by atoms with Crippen LogP contribution in [0.4, 0.5) is 13.2 Å². The third kappa shape index (κ3) is 3.58. The fourth-order valence-electron chi connectivity index (χ4n) is 2.24. The Balaban J connectivity index is 2.26. The fourth-order valence-corrected chi connectivity index (χ4v) is 2.67. The van der Waals surface area contributed by atoms with E-state index in [2.05, 4.69) is 21.2 Å². The van der Waals surface area contributed by atoms with Crippen LogP contribution in [0.15, 0.2) is 22.7 Å². The lowest BCUT2D eigenvalue weighted by molar-refractivity contribution is -0.137. The summed E-state index contributed by atoms with van der Waals surface area (Å²) in [6.07, 6.45) is -2.54. The highest BCUT2D eigenvalue weighted by Crippen LogP contribution is 2.39. The molecule has 2 rings (SSSR count). The lowest BCUT2D eigenvalue weighted by atomic mass is 9.95. The second-order valence-electron chi connectivity index (χ2n) is 5.54. The lowest BCUT2D eigenvalue weighted by Gasteiger charge is -2.29. The van der Waals surface area contributed by atoms with Crippen molar-refractivity contribution in [2.45, 2.75) is 31.5 Å². The van der Waals surface area contributed by atoms with Crippen LogP contribution in [0.2, 0.25) is 0 Å². The minimum Gasteiger partial charge on any atom is -0.345 e. The number of benzene rings is 1. The predicted octanol–water partition coefficient (Wildman–Crippen LogP) is 3.33. The second kappa shape index (κ2) is 5.61. The van der Waals surface area contributed by atoms with Gasteiger partial charge in [-0.15, -0.1) is 0 Å². The molecule has 1 amide bonds. The minimum atomic E-state index is -4.48. The molecule has 21 heavy (non-hydrogen) atoms. The first kappa shape index (κ1) is 16.3. The summed E-state index contributed by atoms with van der Waals surface area (Å²) in [5, 5.41) is 2.78. The maximum absolute atomic E-state index is 12.7. The standard InChI is InChI=1S/C14H16BrF3N2O/c1-13(7-19,8-2-3-8)20-12(21)10-6-9(14(16,17)18)4-5-11(10)15/h4-6,8H,2-3,7,19H2,1H3,(H,20,21). The van der Waals surface area contributed by atoms with Crippen molar-refractivity contribution in [2.24, 2.45) is 11.7 Å². The first-order valence-corrected chi connectivity index (χ1v) is 7.36. The average Bonchev–Trinajstić information content (AvgIpc) is 3.22. The van der Waals surface area contributed by atoms with Crippen LogP contribution >= 0.6 is 15.9 Å². The van der Waals surface area contributed by atoms with Crippen LogP contribution in [0.5, 0.6) is 0 Å². The van der Waals surface area contributed by atoms with Crippen LogP contribution in [0, 0.1) is 5.92 Å². The van der Waals surface area contributed by atoms with Crippen molar-refractivity contribution >= 4 is 21.8 Å². The van der Waals surface area contributed by atoms with E-state index in [1.807, 2.05) is 6.92 Å². The number of hydrogen-bond acceptors (Lipinski definition) is 2. The number of hydrogen-bond donors (Lipinski definition) is 2. The van der Waals surface area contributed by atoms with Gasteiger partial charge >= 0.3 is 6.18 Å². The van der Waals surface area contributed by atoms with Crippen molar-refractivity contribution in [1.29, 1.82) is 0 Å². The van der Waals surface area contributed by atoms with E-state index in [0.717, 1.165) is 25.0 Å². The molecule has 7 heteroatoms. The van der Waals surface area contributed by atoms with Crippen LogP contribution in [-0.2, 0) is 6.18 Å². The molecule has 0 aliphatic heterocycles. The molecular weight excluding hydrogens is 349 g/mol. The number of halogens is 4. The van der Waals surface area contributed by atoms with E-state index in [1.165, 1.54) is 6.07 Å². The Bertz CT molecular complexity index is 558. The predicted molar refractivity (Wildman–Crippen MR) is 76.8 cm³/mol. The first-order chi connectivity index (χ1) is 9.67. The Hall–Kier alpha value is -1.08. The molecular formula is C14H16BrF3N2O. The third-order valence-corrected chi connectivity index (χ3v) is 4.53. The van der Waals surface area contributed by atoms with Gasteiger partial charge in [0.05, 0.1) is 16.7 Å². The molecule has 3 nitrogen and oxygen atoms in total. The minimum absolute atomic E-state index is 0.0369. The van der Waals surface area contributed by atoms with Gasteiger partial charge in [0, 0.05) is 11.0 Å². The highest BCUT2D eigenvalue weighted by molar-refractivity contribution is 9.10. The molecule has 1 aliphatic carbocycles. The maximum Gasteiger partial charge on any atom is 0.416 e. The molecule has 116 valence electrons. The van der Waals surface area contributed by atoms with Gasteiger partial charge in [-0.3, -0.25) is 4.79 Å². The summed E-state index contributed by atoms with van der Waals surface area (Å²) < 4.78 is 38.5. The molecule has 3 N–H and O–H groups in total. The van der Waals surface area contributed by atoms with Gasteiger partial charge in [-0.2, -0.15) is 13.2 Å². The van der Waals surface area contributed by atoms with E-state index in [1.54, 1.807) is 0 Å². The van der Waals surface area contributed by atoms with Gasteiger partial charge in [-0.1, -0.05) is 0 Å². The van der Waals surface area contributed by atoms with Gasteiger partial charge in [0.2, 0.25) is 0 Å². The smallest absolute Gasteiger partial charge is 0.345 e. The van der Waals surface area contributed by atoms with E-state index in [9.17, 15) is 18.0 Å². The van der Waals surface area contributed by atoms with Crippen LogP contribution in [0.1, 0.15) is 35.7 Å². The van der Waals surface area contributed by atoms with Crippen molar-refractivity contribution in [2.75, 3.05) is 6.54 Å². The second-order valence-corrected chi connectivity index (χ2v) is 6.40. The molecule has 1 aliphatic rings. The number of nitrogens with two attached hydrogens (primary N) is 1. The molecule has 1 fully saturated rings. The zero-order chi connectivity index (χ0) is 15.8. The van der Waals surface area contributed by atoms with E-state index in [4.69, 9.17) is 5.73 Å². The lowest BCUT2D eigenvalue weighted by Crippen LogP contribution is -2.53. The number of carbonyl (C=O) groups excluding carboxylic acids is 1. The molecule has 0 saturated heterocycles. The van der Waals surface area contributed by atoms with Crippen molar-refractivity contribution in [1.82, 2.24) is 5.32 Å². The van der Waals surface area contributed by atoms with E-state index in [-0.39, 0.29) is 18.0 Å². The zero-order valence-corrected chi connectivity index (χ0v) is 13.0. The normalized spacial score (nSPS) is 18.2. The molecule has 0 bridgehead atoms. The highest BCUT2D eigenvalue weighted by Gasteiger charge is 2.42. The van der Waals surface area contributed by atoms with E-state index in [0.29, 0.717) is 4.47 Å². The average molecular weight is 365 g/mol. The number of carbonyl (C=O) groups is 1. The number of rotatable bonds is 4. The SMILES string of the molecule is CC(CN)(NC(=O)c1cc(C(F)(F)F)ccc1Br)C1CC1. The van der Waals surface area contributed by atoms with Crippen molar-refractivity contribution in [3.8, 4) is 0 Å². The molecule has 1 atom stereocenters. The molecule has 1 saturated carbocycles. The topological polar surface area (TPSA) is 55.1 Å². The van der Waals surface area contributed by atoms with Gasteiger partial charge in [0.15, 0.2) is 0 Å². The largest absolute Gasteiger partial charge is 0.416 e. The first-order valence-electron chi connectivity index (χ1n) is 6.57. The Morgan fingerprint density at radius 2 is 2.05 bits per heavy atom. The Morgan fingerprint density at radius 3 is 2.52 bits per heavy atom. The molecule has 0 aromatic heterocycles. The molecule has 1 aromatic rings. The summed E-state index contributed by atoms with van der Waals surface area (Å²) in [6.45, 7) is 2.07. The van der Waals surface area contributed by atoms with Crippen LogP contribution in [-0.4, -0.2) is 18.0 Å². The van der Waals surface area contributed by atoms with Crippen LogP contribution in [0.3, 0.4) is 0 Å². The summed E-state index contributed by atoms with van der Waals surface area (Å²) in [7, 11) is 0. The molecule has 0 spiro atoms. The summed E-state index contributed by atoms with van der Waals surface area (Å²) >= 11 is 3.12. The van der Waals surface area contributed by atoms with Gasteiger partial charge in [0.1, 0.15) is 0 Å². The summed E-state index contributed by atoms with van der Waals surface area (Å²) in [5.41, 5.74) is 4.24. The van der Waals surface area contributed by atoms with Gasteiger partial charge in [-0.25, -0.2) is 0 Å². The summed E-state index contributed by atoms with van der Waals surface area (Å²) in [5.74, 6) is -0.260. The van der Waals surface area contributed by atoms with Gasteiger partial charge in [0.25, 0.3) is 5.91 Å². The van der Waals surface area contributed by atoms with E-state index < -0.39 is 23.2 Å². The van der Waals surface area contributed by atoms with Crippen LogP contribution in [0.25, 0.3) is 0 Å². The Morgan fingerprint density at radius 1 is 1.43 bits per heavy atom. The maximum atomic E-state index is 12.7. The summed E-state index contributed by atoms with van der Waals surface area (Å²) in [6, 6.07) is 3.02. The monoisotopic (exact) mass is 364 g/mol. The quantitative estimate of drug-likeness (QED) is 0.860. The highest BCUT2D eigenvalue weighted by atomic mass is 79.9. The Labute approximate surface area is 129 Å². The zero-order valence-electron chi connectivity index (χ0n) is 11.4. The van der Waals surface area contributed by atoms with Crippen molar-refractivity contribution in [3.63, 3.8) is 0 Å². The molecule has 0 heterocycles. The third-order valence-electron chi connectivity index (χ3n) is 3.84.